The summed E-state index contributed by atoms with van der Waals surface area (Å²) in [4.78, 5) is 28.6. The molecule has 0 atom stereocenters. The zero-order valence-corrected chi connectivity index (χ0v) is 18.6. The molecule has 1 amide bonds. The van der Waals surface area contributed by atoms with Crippen molar-refractivity contribution in [3.05, 3.63) is 83.9 Å². The molecular formula is C25H22N4O3S. The van der Waals surface area contributed by atoms with E-state index in [1.807, 2.05) is 54.6 Å². The van der Waals surface area contributed by atoms with Gasteiger partial charge in [-0.05, 0) is 61.4 Å². The van der Waals surface area contributed by atoms with Gasteiger partial charge in [0.25, 0.3) is 5.91 Å². The number of ether oxygens (including phenoxy) is 1. The van der Waals surface area contributed by atoms with Crippen LogP contribution in [0.5, 0.6) is 0 Å². The van der Waals surface area contributed by atoms with Gasteiger partial charge in [0.2, 0.25) is 0 Å². The van der Waals surface area contributed by atoms with E-state index >= 15 is 0 Å². The minimum atomic E-state index is -0.400. The van der Waals surface area contributed by atoms with Crippen molar-refractivity contribution in [1.82, 2.24) is 4.98 Å². The first-order valence-electron chi connectivity index (χ1n) is 10.5. The highest BCUT2D eigenvalue weighted by Crippen LogP contribution is 2.23. The third-order valence-electron chi connectivity index (χ3n) is 4.66. The van der Waals surface area contributed by atoms with Gasteiger partial charge >= 0.3 is 5.97 Å². The van der Waals surface area contributed by atoms with E-state index in [4.69, 9.17) is 4.74 Å². The molecule has 0 bridgehead atoms. The molecule has 0 aliphatic heterocycles. The number of carbonyl (C=O) groups is 2. The minimum Gasteiger partial charge on any atom is -0.456 e. The number of aromatic nitrogens is 1. The van der Waals surface area contributed by atoms with E-state index in [0.29, 0.717) is 24.2 Å². The van der Waals surface area contributed by atoms with Gasteiger partial charge in [-0.25, -0.2) is 4.98 Å². The van der Waals surface area contributed by atoms with Crippen molar-refractivity contribution in [1.29, 1.82) is 0 Å². The lowest BCUT2D eigenvalue weighted by atomic mass is 10.2. The number of rotatable bonds is 9. The van der Waals surface area contributed by atoms with E-state index in [2.05, 4.69) is 20.5 Å². The highest BCUT2D eigenvalue weighted by atomic mass is 32.1. The number of hydrogen-bond acceptors (Lipinski definition) is 7. The zero-order chi connectivity index (χ0) is 22.9. The van der Waals surface area contributed by atoms with Gasteiger partial charge in [-0.2, -0.15) is 10.2 Å². The molecule has 4 rings (SSSR count). The average Bonchev–Trinajstić information content (AvgIpc) is 3.26. The molecular weight excluding hydrogens is 436 g/mol. The van der Waals surface area contributed by atoms with Crippen LogP contribution in [0.4, 0.5) is 17.1 Å². The first kappa shape index (κ1) is 22.3. The summed E-state index contributed by atoms with van der Waals surface area (Å²) in [6, 6.07) is 24.3. The topological polar surface area (TPSA) is 93.0 Å². The number of amides is 1. The SMILES string of the molecule is O=C(COC(=O)CCCc1nc2ccccc2s1)Nc1ccc(N=Nc2ccccc2)cc1. The van der Waals surface area contributed by atoms with Crippen LogP contribution in [0.2, 0.25) is 0 Å². The first-order chi connectivity index (χ1) is 16.2. The highest BCUT2D eigenvalue weighted by molar-refractivity contribution is 7.18. The molecule has 0 unspecified atom stereocenters. The van der Waals surface area contributed by atoms with Crippen LogP contribution in [-0.4, -0.2) is 23.5 Å². The number of fused-ring (bicyclic) bond motifs is 1. The monoisotopic (exact) mass is 458 g/mol. The highest BCUT2D eigenvalue weighted by Gasteiger charge is 2.09. The number of para-hydroxylation sites is 1. The number of aryl methyl sites for hydroxylation is 1. The molecule has 1 heterocycles. The van der Waals surface area contributed by atoms with Gasteiger partial charge < -0.3 is 10.1 Å². The lowest BCUT2D eigenvalue weighted by molar-refractivity contribution is -0.147. The van der Waals surface area contributed by atoms with Crippen molar-refractivity contribution >= 4 is 50.5 Å². The number of hydrogen-bond donors (Lipinski definition) is 1. The number of nitrogens with zero attached hydrogens (tertiary/aromatic N) is 3. The molecule has 0 aliphatic rings. The predicted octanol–water partition coefficient (Wildman–Crippen LogP) is 6.22. The summed E-state index contributed by atoms with van der Waals surface area (Å²) < 4.78 is 6.22. The van der Waals surface area contributed by atoms with Crippen LogP contribution in [-0.2, 0) is 20.7 Å². The third-order valence-corrected chi connectivity index (χ3v) is 5.76. The number of anilines is 1. The van der Waals surface area contributed by atoms with Gasteiger partial charge in [0.15, 0.2) is 6.61 Å². The molecule has 4 aromatic rings. The zero-order valence-electron chi connectivity index (χ0n) is 17.8. The second-order valence-corrected chi connectivity index (χ2v) is 8.34. The van der Waals surface area contributed by atoms with Crippen LogP contribution in [0.15, 0.2) is 89.1 Å². The quantitative estimate of drug-likeness (QED) is 0.238. The minimum absolute atomic E-state index is 0.240. The van der Waals surface area contributed by atoms with Crippen molar-refractivity contribution in [2.75, 3.05) is 11.9 Å². The van der Waals surface area contributed by atoms with Crippen molar-refractivity contribution < 1.29 is 14.3 Å². The standard InChI is InChI=1S/C25H22N4O3S/c30-23(26-18-13-15-20(16-14-18)29-28-19-7-2-1-3-8-19)17-32-25(31)12-6-11-24-27-21-9-4-5-10-22(21)33-24/h1-5,7-10,13-16H,6,11-12,17H2,(H,26,30). The molecule has 1 aromatic heterocycles. The molecule has 166 valence electrons. The molecule has 3 aromatic carbocycles. The van der Waals surface area contributed by atoms with E-state index in [1.54, 1.807) is 35.6 Å². The normalized spacial score (nSPS) is 11.0. The maximum absolute atomic E-state index is 12.1. The summed E-state index contributed by atoms with van der Waals surface area (Å²) in [5.74, 6) is -0.795. The van der Waals surface area contributed by atoms with Crippen LogP contribution in [0.3, 0.4) is 0 Å². The van der Waals surface area contributed by atoms with Crippen molar-refractivity contribution in [2.45, 2.75) is 19.3 Å². The summed E-state index contributed by atoms with van der Waals surface area (Å²) >= 11 is 1.63. The van der Waals surface area contributed by atoms with E-state index in [0.717, 1.165) is 20.9 Å². The summed E-state index contributed by atoms with van der Waals surface area (Å²) in [7, 11) is 0. The van der Waals surface area contributed by atoms with Crippen LogP contribution < -0.4 is 5.32 Å². The lowest BCUT2D eigenvalue weighted by Crippen LogP contribution is -2.20. The summed E-state index contributed by atoms with van der Waals surface area (Å²) in [6.07, 6.45) is 1.57. The lowest BCUT2D eigenvalue weighted by Gasteiger charge is -2.06. The molecule has 33 heavy (non-hydrogen) atoms. The fraction of sp³-hybridized carbons (Fsp3) is 0.160. The Morgan fingerprint density at radius 3 is 2.33 bits per heavy atom. The Labute approximate surface area is 195 Å². The van der Waals surface area contributed by atoms with Crippen LogP contribution >= 0.6 is 11.3 Å². The van der Waals surface area contributed by atoms with Crippen molar-refractivity contribution in [2.24, 2.45) is 10.2 Å². The first-order valence-corrected chi connectivity index (χ1v) is 11.3. The number of thiazole rings is 1. The van der Waals surface area contributed by atoms with Gasteiger partial charge in [-0.15, -0.1) is 11.3 Å². The number of esters is 1. The average molecular weight is 459 g/mol. The molecule has 0 saturated heterocycles. The van der Waals surface area contributed by atoms with E-state index < -0.39 is 11.9 Å². The molecule has 0 radical (unpaired) electrons. The van der Waals surface area contributed by atoms with Crippen LogP contribution in [0.25, 0.3) is 10.2 Å². The second-order valence-electron chi connectivity index (χ2n) is 7.22. The summed E-state index contributed by atoms with van der Waals surface area (Å²) in [5, 5.41) is 12.0. The van der Waals surface area contributed by atoms with E-state index in [9.17, 15) is 9.59 Å². The molecule has 0 saturated carbocycles. The van der Waals surface area contributed by atoms with Crippen LogP contribution in [0.1, 0.15) is 17.8 Å². The predicted molar refractivity (Wildman–Crippen MR) is 129 cm³/mol. The summed E-state index contributed by atoms with van der Waals surface area (Å²) in [6.45, 7) is -0.324. The van der Waals surface area contributed by atoms with Gasteiger partial charge in [0.05, 0.1) is 26.6 Å². The third kappa shape index (κ3) is 6.78. The maximum atomic E-state index is 12.1. The number of azo groups is 1. The largest absolute Gasteiger partial charge is 0.456 e. The molecule has 0 spiro atoms. The molecule has 7 nitrogen and oxygen atoms in total. The Kier molecular flexibility index (Phi) is 7.50. The van der Waals surface area contributed by atoms with Gasteiger partial charge in [-0.1, -0.05) is 30.3 Å². The van der Waals surface area contributed by atoms with E-state index in [1.165, 1.54) is 0 Å². The molecule has 1 N–H and O–H groups in total. The van der Waals surface area contributed by atoms with Gasteiger partial charge in [0, 0.05) is 12.1 Å². The maximum Gasteiger partial charge on any atom is 0.306 e. The van der Waals surface area contributed by atoms with Gasteiger partial charge in [-0.3, -0.25) is 9.59 Å². The van der Waals surface area contributed by atoms with Crippen molar-refractivity contribution in [3.63, 3.8) is 0 Å². The Morgan fingerprint density at radius 1 is 0.879 bits per heavy atom. The van der Waals surface area contributed by atoms with Gasteiger partial charge in [0.1, 0.15) is 0 Å². The fourth-order valence-corrected chi connectivity index (χ4v) is 4.06. The van der Waals surface area contributed by atoms with E-state index in [-0.39, 0.29) is 13.0 Å². The number of carbonyl (C=O) groups excluding carboxylic acids is 2. The van der Waals surface area contributed by atoms with Crippen LogP contribution in [0, 0.1) is 0 Å². The molecule has 8 heteroatoms. The Morgan fingerprint density at radius 2 is 1.58 bits per heavy atom. The van der Waals surface area contributed by atoms with Crippen molar-refractivity contribution in [3.8, 4) is 0 Å². The molecule has 0 aliphatic carbocycles. The number of benzene rings is 3. The second kappa shape index (κ2) is 11.1. The number of nitrogens with one attached hydrogen (secondary N) is 1. The summed E-state index contributed by atoms with van der Waals surface area (Å²) in [5.41, 5.74) is 2.99. The Bertz CT molecular complexity index is 1220. The molecule has 0 fully saturated rings. The smallest absolute Gasteiger partial charge is 0.306 e. The Hall–Kier alpha value is -3.91. The Balaban J connectivity index is 1.16. The fourth-order valence-electron chi connectivity index (χ4n) is 3.05.